The third kappa shape index (κ3) is 2.77. The number of rotatable bonds is 4. The number of esters is 1. The lowest BCUT2D eigenvalue weighted by Gasteiger charge is -2.02. The van der Waals surface area contributed by atoms with Gasteiger partial charge in [0.25, 0.3) is 5.69 Å². The summed E-state index contributed by atoms with van der Waals surface area (Å²) in [6.45, 7) is -0.828. The van der Waals surface area contributed by atoms with Crippen molar-refractivity contribution >= 4 is 17.6 Å². The van der Waals surface area contributed by atoms with Crippen LogP contribution in [0.2, 0.25) is 0 Å². The second kappa shape index (κ2) is 4.87. The van der Waals surface area contributed by atoms with Crippen molar-refractivity contribution in [3.05, 3.63) is 39.9 Å². The number of nitrogens with zero attached hydrogens (tertiary/aromatic N) is 1. The van der Waals surface area contributed by atoms with Gasteiger partial charge in [-0.2, -0.15) is 0 Å². The van der Waals surface area contributed by atoms with Gasteiger partial charge in [-0.05, 0) is 6.07 Å². The van der Waals surface area contributed by atoms with Crippen LogP contribution in [0.3, 0.4) is 0 Å². The largest absolute Gasteiger partial charge is 0.479 e. The monoisotopic (exact) mass is 225 g/mol. The van der Waals surface area contributed by atoms with Crippen molar-refractivity contribution in [1.29, 1.82) is 0 Å². The van der Waals surface area contributed by atoms with Gasteiger partial charge in [0.1, 0.15) is 5.56 Å². The number of carbonyl (C=O) groups is 2. The van der Waals surface area contributed by atoms with Gasteiger partial charge in [0, 0.05) is 6.07 Å². The number of carboxylic acids is 1. The lowest BCUT2D eigenvalue weighted by Crippen LogP contribution is -2.14. The molecule has 1 aromatic carbocycles. The number of nitro groups is 1. The third-order valence-corrected chi connectivity index (χ3v) is 1.65. The van der Waals surface area contributed by atoms with Crippen molar-refractivity contribution in [1.82, 2.24) is 0 Å². The van der Waals surface area contributed by atoms with Gasteiger partial charge >= 0.3 is 11.9 Å². The predicted octanol–water partition coefficient (Wildman–Crippen LogP) is 0.836. The normalized spacial score (nSPS) is 9.50. The quantitative estimate of drug-likeness (QED) is 0.462. The minimum absolute atomic E-state index is 0.270. The van der Waals surface area contributed by atoms with Crippen LogP contribution in [0, 0.1) is 10.1 Å². The van der Waals surface area contributed by atoms with Gasteiger partial charge < -0.3 is 9.84 Å². The number of benzene rings is 1. The number of hydrogen-bond acceptors (Lipinski definition) is 5. The van der Waals surface area contributed by atoms with Crippen LogP contribution in [-0.4, -0.2) is 28.6 Å². The summed E-state index contributed by atoms with van der Waals surface area (Å²) in [7, 11) is 0. The van der Waals surface area contributed by atoms with E-state index in [4.69, 9.17) is 5.11 Å². The highest BCUT2D eigenvalue weighted by molar-refractivity contribution is 5.94. The van der Waals surface area contributed by atoms with Crippen molar-refractivity contribution in [3.8, 4) is 0 Å². The number of carboxylic acid groups (broad SMARTS) is 1. The highest BCUT2D eigenvalue weighted by Gasteiger charge is 2.20. The van der Waals surface area contributed by atoms with Gasteiger partial charge in [-0.1, -0.05) is 12.1 Å². The number of aliphatic carboxylic acids is 1. The van der Waals surface area contributed by atoms with Crippen LogP contribution in [-0.2, 0) is 9.53 Å². The molecule has 1 rings (SSSR count). The van der Waals surface area contributed by atoms with Gasteiger partial charge in [0.15, 0.2) is 6.61 Å². The topological polar surface area (TPSA) is 107 Å². The van der Waals surface area contributed by atoms with Crippen LogP contribution in [0.15, 0.2) is 24.3 Å². The molecule has 0 saturated heterocycles. The number of ether oxygens (including phenoxy) is 1. The highest BCUT2D eigenvalue weighted by Crippen LogP contribution is 2.18. The number of hydrogen-bond donors (Lipinski definition) is 1. The molecule has 0 spiro atoms. The van der Waals surface area contributed by atoms with Crippen molar-refractivity contribution in [2.24, 2.45) is 0 Å². The summed E-state index contributed by atoms with van der Waals surface area (Å²) in [6.07, 6.45) is 0. The predicted molar refractivity (Wildman–Crippen MR) is 51.0 cm³/mol. The summed E-state index contributed by atoms with van der Waals surface area (Å²) in [4.78, 5) is 31.2. The Labute approximate surface area is 89.4 Å². The van der Waals surface area contributed by atoms with E-state index in [1.54, 1.807) is 0 Å². The molecule has 0 unspecified atom stereocenters. The second-order valence-electron chi connectivity index (χ2n) is 2.74. The molecule has 0 aliphatic carbocycles. The van der Waals surface area contributed by atoms with Gasteiger partial charge in [0.05, 0.1) is 4.92 Å². The lowest BCUT2D eigenvalue weighted by molar-refractivity contribution is -0.385. The molecule has 0 heterocycles. The SMILES string of the molecule is O=C(O)COC(=O)c1ccccc1[N+](=O)[O-]. The zero-order valence-electron chi connectivity index (χ0n) is 7.95. The molecule has 7 nitrogen and oxygen atoms in total. The van der Waals surface area contributed by atoms with Crippen LogP contribution in [0.5, 0.6) is 0 Å². The molecule has 0 aliphatic rings. The Kier molecular flexibility index (Phi) is 3.54. The Balaban J connectivity index is 2.90. The number of carbonyl (C=O) groups excluding carboxylic acids is 1. The summed E-state index contributed by atoms with van der Waals surface area (Å²) in [5, 5.41) is 18.8. The Bertz CT molecular complexity index is 441. The second-order valence-corrected chi connectivity index (χ2v) is 2.74. The maximum atomic E-state index is 11.3. The molecule has 0 aromatic heterocycles. The Hall–Kier alpha value is -2.44. The van der Waals surface area contributed by atoms with E-state index in [0.717, 1.165) is 6.07 Å². The van der Waals surface area contributed by atoms with Crippen LogP contribution in [0.4, 0.5) is 5.69 Å². The van der Waals surface area contributed by atoms with Gasteiger partial charge in [-0.25, -0.2) is 9.59 Å². The fourth-order valence-electron chi connectivity index (χ4n) is 1.01. The summed E-state index contributed by atoms with van der Waals surface area (Å²) >= 11 is 0. The lowest BCUT2D eigenvalue weighted by atomic mass is 10.2. The third-order valence-electron chi connectivity index (χ3n) is 1.65. The van der Waals surface area contributed by atoms with E-state index in [2.05, 4.69) is 4.74 Å². The molecule has 84 valence electrons. The molecular formula is C9H7NO6. The summed E-state index contributed by atoms with van der Waals surface area (Å²) in [5.74, 6) is -2.36. The average Bonchev–Trinajstić information content (AvgIpc) is 2.25. The Morgan fingerprint density at radius 1 is 1.38 bits per heavy atom. The van der Waals surface area contributed by atoms with E-state index in [9.17, 15) is 19.7 Å². The molecule has 7 heteroatoms. The summed E-state index contributed by atoms with van der Waals surface area (Å²) < 4.78 is 4.34. The summed E-state index contributed by atoms with van der Waals surface area (Å²) in [5.41, 5.74) is -0.688. The first-order valence-corrected chi connectivity index (χ1v) is 4.14. The van der Waals surface area contributed by atoms with E-state index < -0.39 is 29.2 Å². The molecule has 0 bridgehead atoms. The minimum Gasteiger partial charge on any atom is -0.479 e. The molecule has 0 amide bonds. The number of para-hydroxylation sites is 1. The van der Waals surface area contributed by atoms with E-state index in [0.29, 0.717) is 0 Å². The van der Waals surface area contributed by atoms with Crippen LogP contribution < -0.4 is 0 Å². The van der Waals surface area contributed by atoms with E-state index in [-0.39, 0.29) is 5.56 Å². The smallest absolute Gasteiger partial charge is 0.345 e. The molecule has 0 saturated carbocycles. The van der Waals surface area contributed by atoms with Crippen molar-refractivity contribution < 1.29 is 24.4 Å². The van der Waals surface area contributed by atoms with Crippen molar-refractivity contribution in [2.75, 3.05) is 6.61 Å². The first-order valence-electron chi connectivity index (χ1n) is 4.14. The van der Waals surface area contributed by atoms with Crippen molar-refractivity contribution in [2.45, 2.75) is 0 Å². The van der Waals surface area contributed by atoms with Gasteiger partial charge in [-0.15, -0.1) is 0 Å². The molecule has 16 heavy (non-hydrogen) atoms. The molecule has 1 N–H and O–H groups in total. The molecule has 1 aromatic rings. The van der Waals surface area contributed by atoms with E-state index in [1.807, 2.05) is 0 Å². The summed E-state index contributed by atoms with van der Waals surface area (Å²) in [6, 6.07) is 5.15. The first-order chi connectivity index (χ1) is 7.52. The standard InChI is InChI=1S/C9H7NO6/c11-8(12)5-16-9(13)6-3-1-2-4-7(6)10(14)15/h1-4H,5H2,(H,11,12). The maximum absolute atomic E-state index is 11.3. The minimum atomic E-state index is -1.33. The van der Waals surface area contributed by atoms with Crippen LogP contribution in [0.25, 0.3) is 0 Å². The zero-order valence-corrected chi connectivity index (χ0v) is 7.95. The molecular weight excluding hydrogens is 218 g/mol. The van der Waals surface area contributed by atoms with Gasteiger partial charge in [0.2, 0.25) is 0 Å². The molecule has 0 aliphatic heterocycles. The Morgan fingerprint density at radius 2 is 2.00 bits per heavy atom. The van der Waals surface area contributed by atoms with Crippen molar-refractivity contribution in [3.63, 3.8) is 0 Å². The molecule has 0 fully saturated rings. The fraction of sp³-hybridized carbons (Fsp3) is 0.111. The average molecular weight is 225 g/mol. The van der Waals surface area contributed by atoms with Gasteiger partial charge in [-0.3, -0.25) is 10.1 Å². The first kappa shape index (κ1) is 11.6. The number of nitro benzene ring substituents is 1. The fourth-order valence-corrected chi connectivity index (χ4v) is 1.01. The zero-order chi connectivity index (χ0) is 12.1. The van der Waals surface area contributed by atoms with Crippen LogP contribution in [0.1, 0.15) is 10.4 Å². The van der Waals surface area contributed by atoms with E-state index in [1.165, 1.54) is 18.2 Å². The van der Waals surface area contributed by atoms with Crippen LogP contribution >= 0.6 is 0 Å². The molecule has 0 radical (unpaired) electrons. The highest BCUT2D eigenvalue weighted by atomic mass is 16.6. The molecule has 0 atom stereocenters. The van der Waals surface area contributed by atoms with E-state index >= 15 is 0 Å². The maximum Gasteiger partial charge on any atom is 0.345 e. The Morgan fingerprint density at radius 3 is 2.56 bits per heavy atom.